The van der Waals surface area contributed by atoms with Gasteiger partial charge < -0.3 is 10.2 Å². The number of piperazine rings is 1. The Bertz CT molecular complexity index is 426. The molecule has 3 heteroatoms. The molecule has 1 aromatic rings. The second-order valence-electron chi connectivity index (χ2n) is 6.48. The summed E-state index contributed by atoms with van der Waals surface area (Å²) < 4.78 is 0. The van der Waals surface area contributed by atoms with Crippen molar-refractivity contribution < 1.29 is 0 Å². The third-order valence-corrected chi connectivity index (χ3v) is 4.60. The number of anilines is 1. The van der Waals surface area contributed by atoms with Crippen molar-refractivity contribution in [3.05, 3.63) is 29.8 Å². The Kier molecular flexibility index (Phi) is 4.27. The molecule has 3 nitrogen and oxygen atoms in total. The zero-order valence-electron chi connectivity index (χ0n) is 12.8. The number of nitrogens with one attached hydrogen (secondary N) is 1. The number of hydrogen-bond acceptors (Lipinski definition) is 3. The van der Waals surface area contributed by atoms with Crippen LogP contribution in [0.25, 0.3) is 0 Å². The third-order valence-electron chi connectivity index (χ3n) is 4.60. The zero-order valence-corrected chi connectivity index (χ0v) is 12.8. The first-order valence-electron chi connectivity index (χ1n) is 8.04. The number of nitrogens with zero attached hydrogens (tertiary/aromatic N) is 2. The Balaban J connectivity index is 1.60. The van der Waals surface area contributed by atoms with Crippen molar-refractivity contribution in [2.45, 2.75) is 45.3 Å². The Hall–Kier alpha value is -1.06. The van der Waals surface area contributed by atoms with Crippen LogP contribution in [0.4, 0.5) is 5.69 Å². The summed E-state index contributed by atoms with van der Waals surface area (Å²) in [7, 11) is 0. The van der Waals surface area contributed by atoms with Gasteiger partial charge in [-0.25, -0.2) is 0 Å². The van der Waals surface area contributed by atoms with E-state index in [1.54, 1.807) is 0 Å². The first kappa shape index (κ1) is 13.9. The van der Waals surface area contributed by atoms with Crippen molar-refractivity contribution in [2.75, 3.05) is 31.1 Å². The van der Waals surface area contributed by atoms with Gasteiger partial charge in [-0.1, -0.05) is 26.0 Å². The summed E-state index contributed by atoms with van der Waals surface area (Å²) in [6, 6.07) is 10.5. The molecule has 0 saturated carbocycles. The van der Waals surface area contributed by atoms with E-state index >= 15 is 0 Å². The topological polar surface area (TPSA) is 18.5 Å². The van der Waals surface area contributed by atoms with Gasteiger partial charge >= 0.3 is 0 Å². The van der Waals surface area contributed by atoms with Crippen LogP contribution in [0, 0.1) is 0 Å². The van der Waals surface area contributed by atoms with E-state index in [0.717, 1.165) is 12.6 Å². The summed E-state index contributed by atoms with van der Waals surface area (Å²) in [5, 5.41) is 3.47. The molecule has 20 heavy (non-hydrogen) atoms. The Morgan fingerprint density at radius 3 is 2.70 bits per heavy atom. The van der Waals surface area contributed by atoms with Gasteiger partial charge in [-0.3, -0.25) is 4.90 Å². The highest BCUT2D eigenvalue weighted by Crippen LogP contribution is 2.25. The molecular weight excluding hydrogens is 246 g/mol. The molecule has 2 aliphatic heterocycles. The van der Waals surface area contributed by atoms with Crippen LogP contribution < -0.4 is 10.2 Å². The number of benzene rings is 1. The maximum atomic E-state index is 3.47. The molecule has 2 fully saturated rings. The zero-order chi connectivity index (χ0) is 13.9. The van der Waals surface area contributed by atoms with E-state index in [2.05, 4.69) is 53.2 Å². The monoisotopic (exact) mass is 273 g/mol. The van der Waals surface area contributed by atoms with Crippen LogP contribution in [0.3, 0.4) is 0 Å². The predicted molar refractivity (Wildman–Crippen MR) is 85.2 cm³/mol. The van der Waals surface area contributed by atoms with Crippen molar-refractivity contribution in [3.63, 3.8) is 0 Å². The van der Waals surface area contributed by atoms with E-state index in [1.807, 2.05) is 0 Å². The van der Waals surface area contributed by atoms with E-state index in [-0.39, 0.29) is 0 Å². The van der Waals surface area contributed by atoms with Crippen molar-refractivity contribution in [2.24, 2.45) is 0 Å². The summed E-state index contributed by atoms with van der Waals surface area (Å²) in [4.78, 5) is 5.23. The van der Waals surface area contributed by atoms with Gasteiger partial charge in [0.2, 0.25) is 0 Å². The summed E-state index contributed by atoms with van der Waals surface area (Å²) >= 11 is 0. The number of hydrogen-bond donors (Lipinski definition) is 1. The molecule has 2 saturated heterocycles. The van der Waals surface area contributed by atoms with Gasteiger partial charge in [-0.15, -0.1) is 0 Å². The second-order valence-corrected chi connectivity index (χ2v) is 6.48. The molecule has 0 radical (unpaired) electrons. The Morgan fingerprint density at radius 1 is 1.15 bits per heavy atom. The quantitative estimate of drug-likeness (QED) is 0.909. The molecule has 1 N–H and O–H groups in total. The highest BCUT2D eigenvalue weighted by Gasteiger charge is 2.30. The fraction of sp³-hybridized carbons (Fsp3) is 0.647. The molecule has 1 aromatic carbocycles. The van der Waals surface area contributed by atoms with Crippen molar-refractivity contribution >= 4 is 5.69 Å². The summed E-state index contributed by atoms with van der Waals surface area (Å²) in [6.45, 7) is 10.3. The predicted octanol–water partition coefficient (Wildman–Crippen LogP) is 2.47. The fourth-order valence-electron chi connectivity index (χ4n) is 3.37. The molecule has 0 bridgehead atoms. The van der Waals surface area contributed by atoms with Gasteiger partial charge in [-0.05, 0) is 37.1 Å². The molecule has 2 aliphatic rings. The average molecular weight is 273 g/mol. The third kappa shape index (κ3) is 3.15. The van der Waals surface area contributed by atoms with Crippen LogP contribution in [0.15, 0.2) is 24.3 Å². The molecule has 3 rings (SSSR count). The standard InChI is InChI=1S/C17H27N3/c1-14(2)18-12-15-5-7-16(8-6-15)20-11-10-19-9-3-4-17(19)13-20/h5-8,14,17-18H,3-4,9-13H2,1-2H3. The molecule has 1 atom stereocenters. The lowest BCUT2D eigenvalue weighted by molar-refractivity contribution is 0.231. The average Bonchev–Trinajstić information content (AvgIpc) is 2.93. The van der Waals surface area contributed by atoms with E-state index in [4.69, 9.17) is 0 Å². The van der Waals surface area contributed by atoms with Crippen molar-refractivity contribution in [3.8, 4) is 0 Å². The maximum Gasteiger partial charge on any atom is 0.0367 e. The minimum absolute atomic E-state index is 0.546. The van der Waals surface area contributed by atoms with E-state index < -0.39 is 0 Å². The molecule has 110 valence electrons. The number of fused-ring (bicyclic) bond motifs is 1. The van der Waals surface area contributed by atoms with Crippen LogP contribution >= 0.6 is 0 Å². The fourth-order valence-corrected chi connectivity index (χ4v) is 3.37. The van der Waals surface area contributed by atoms with Crippen LogP contribution in [0.2, 0.25) is 0 Å². The largest absolute Gasteiger partial charge is 0.369 e. The molecule has 2 heterocycles. The van der Waals surface area contributed by atoms with Crippen LogP contribution in [-0.2, 0) is 6.54 Å². The minimum Gasteiger partial charge on any atom is -0.369 e. The van der Waals surface area contributed by atoms with Gasteiger partial charge in [0.1, 0.15) is 0 Å². The molecular formula is C17H27N3. The van der Waals surface area contributed by atoms with Crippen molar-refractivity contribution in [1.82, 2.24) is 10.2 Å². The van der Waals surface area contributed by atoms with E-state index in [9.17, 15) is 0 Å². The van der Waals surface area contributed by atoms with Gasteiger partial charge in [0, 0.05) is 44.0 Å². The second kappa shape index (κ2) is 6.15. The first-order valence-corrected chi connectivity index (χ1v) is 8.04. The number of rotatable bonds is 4. The van der Waals surface area contributed by atoms with Crippen LogP contribution in [0.5, 0.6) is 0 Å². The van der Waals surface area contributed by atoms with Crippen molar-refractivity contribution in [1.29, 1.82) is 0 Å². The van der Waals surface area contributed by atoms with Crippen LogP contribution in [0.1, 0.15) is 32.3 Å². The van der Waals surface area contributed by atoms with E-state index in [1.165, 1.54) is 50.3 Å². The molecule has 0 spiro atoms. The molecule has 0 aliphatic carbocycles. The summed E-state index contributed by atoms with van der Waals surface area (Å²) in [6.07, 6.45) is 2.77. The normalized spacial score (nSPS) is 23.4. The van der Waals surface area contributed by atoms with Crippen LogP contribution in [-0.4, -0.2) is 43.2 Å². The minimum atomic E-state index is 0.546. The van der Waals surface area contributed by atoms with E-state index in [0.29, 0.717) is 6.04 Å². The highest BCUT2D eigenvalue weighted by atomic mass is 15.3. The Labute approximate surface area is 123 Å². The maximum absolute atomic E-state index is 3.47. The van der Waals surface area contributed by atoms with Gasteiger partial charge in [0.05, 0.1) is 0 Å². The first-order chi connectivity index (χ1) is 9.72. The summed E-state index contributed by atoms with van der Waals surface area (Å²) in [5.41, 5.74) is 2.77. The lowest BCUT2D eigenvalue weighted by atomic mass is 10.1. The smallest absolute Gasteiger partial charge is 0.0367 e. The lowest BCUT2D eigenvalue weighted by Gasteiger charge is -2.38. The lowest BCUT2D eigenvalue weighted by Crippen LogP contribution is -2.50. The molecule has 1 unspecified atom stereocenters. The van der Waals surface area contributed by atoms with Gasteiger partial charge in [0.25, 0.3) is 0 Å². The van der Waals surface area contributed by atoms with Gasteiger partial charge in [-0.2, -0.15) is 0 Å². The van der Waals surface area contributed by atoms with Gasteiger partial charge in [0.15, 0.2) is 0 Å². The molecule has 0 amide bonds. The Morgan fingerprint density at radius 2 is 1.95 bits per heavy atom. The summed E-state index contributed by atoms with van der Waals surface area (Å²) in [5.74, 6) is 0. The SMILES string of the molecule is CC(C)NCc1ccc(N2CCN3CCCC3C2)cc1. The highest BCUT2D eigenvalue weighted by molar-refractivity contribution is 5.48. The molecule has 0 aromatic heterocycles.